The van der Waals surface area contributed by atoms with Gasteiger partial charge in [-0.3, -0.25) is 4.79 Å². The number of nitrogens with zero attached hydrogens (tertiary/aromatic N) is 7. The van der Waals surface area contributed by atoms with Crippen molar-refractivity contribution in [3.63, 3.8) is 0 Å². The Morgan fingerprint density at radius 3 is 2.68 bits per heavy atom. The highest BCUT2D eigenvalue weighted by molar-refractivity contribution is 5.78. The summed E-state index contributed by atoms with van der Waals surface area (Å²) in [4.78, 5) is 28.1. The van der Waals surface area contributed by atoms with Crippen LogP contribution in [-0.4, -0.2) is 76.7 Å². The molecule has 0 saturated carbocycles. The Morgan fingerprint density at radius 1 is 1.03 bits per heavy atom. The van der Waals surface area contributed by atoms with Crippen LogP contribution in [0.1, 0.15) is 24.4 Å². The first-order valence-corrected chi connectivity index (χ1v) is 13.1. The first kappa shape index (κ1) is 24.3. The van der Waals surface area contributed by atoms with Crippen LogP contribution in [-0.2, 0) is 4.79 Å². The summed E-state index contributed by atoms with van der Waals surface area (Å²) in [7, 11) is 1.79. The SMILES string of the molecule is CNCC(=O)N1CCN(c2cccc(-c3cnc4ccc(N5CCC[C@@H]5c5cccc(F)c5)nn34)n2)CC1. The van der Waals surface area contributed by atoms with Crippen molar-refractivity contribution >= 4 is 23.2 Å². The minimum Gasteiger partial charge on any atom is -0.353 e. The van der Waals surface area contributed by atoms with Gasteiger partial charge in [0, 0.05) is 32.7 Å². The molecule has 0 aliphatic carbocycles. The van der Waals surface area contributed by atoms with Gasteiger partial charge in [-0.15, -0.1) is 5.10 Å². The van der Waals surface area contributed by atoms with Crippen LogP contribution in [0.5, 0.6) is 0 Å². The van der Waals surface area contributed by atoms with Crippen LogP contribution in [0.25, 0.3) is 17.0 Å². The fraction of sp³-hybridized carbons (Fsp3) is 0.357. The van der Waals surface area contributed by atoms with Gasteiger partial charge in [0.15, 0.2) is 5.65 Å². The number of benzene rings is 1. The molecule has 6 rings (SSSR count). The third kappa shape index (κ3) is 4.67. The van der Waals surface area contributed by atoms with Crippen LogP contribution in [0.2, 0.25) is 0 Å². The zero-order valence-corrected chi connectivity index (χ0v) is 21.4. The third-order valence-corrected chi connectivity index (χ3v) is 7.41. The number of nitrogens with one attached hydrogen (secondary N) is 1. The molecule has 9 nitrogen and oxygen atoms in total. The topological polar surface area (TPSA) is 81.9 Å². The smallest absolute Gasteiger partial charge is 0.236 e. The normalized spacial score (nSPS) is 17.9. The number of aromatic nitrogens is 4. The number of hydrogen-bond acceptors (Lipinski definition) is 7. The molecule has 10 heteroatoms. The number of anilines is 2. The van der Waals surface area contributed by atoms with Crippen molar-refractivity contribution in [3.8, 4) is 11.4 Å². The van der Waals surface area contributed by atoms with Crippen LogP contribution in [0.3, 0.4) is 0 Å². The number of piperazine rings is 1. The van der Waals surface area contributed by atoms with Crippen LogP contribution in [0.15, 0.2) is 60.8 Å². The molecule has 5 heterocycles. The second-order valence-electron chi connectivity index (χ2n) is 9.79. The predicted octanol–water partition coefficient (Wildman–Crippen LogP) is 3.14. The molecule has 0 unspecified atom stereocenters. The molecule has 2 fully saturated rings. The monoisotopic (exact) mass is 514 g/mol. The fourth-order valence-corrected chi connectivity index (χ4v) is 5.48. The van der Waals surface area contributed by atoms with E-state index in [2.05, 4.69) is 20.1 Å². The Labute approximate surface area is 220 Å². The van der Waals surface area contributed by atoms with Crippen LogP contribution >= 0.6 is 0 Å². The molecule has 1 aromatic carbocycles. The quantitative estimate of drug-likeness (QED) is 0.423. The Morgan fingerprint density at radius 2 is 1.87 bits per heavy atom. The second-order valence-corrected chi connectivity index (χ2v) is 9.79. The van der Waals surface area contributed by atoms with Gasteiger partial charge in [0.2, 0.25) is 5.91 Å². The molecule has 0 spiro atoms. The van der Waals surface area contributed by atoms with Crippen molar-refractivity contribution in [3.05, 3.63) is 72.2 Å². The van der Waals surface area contributed by atoms with Crippen LogP contribution < -0.4 is 15.1 Å². The standard InChI is InChI=1S/C28H31FN8O/c1-30-19-28(38)35-15-13-34(14-16-35)26-9-3-7-22(32-26)24-18-31-25-10-11-27(33-37(24)25)36-12-4-8-23(36)20-5-2-6-21(29)17-20/h2-3,5-7,9-11,17-18,23,30H,4,8,12-16,19H2,1H3/t23-/m1/s1. The number of carbonyl (C=O) groups is 1. The number of pyridine rings is 1. The molecular weight excluding hydrogens is 483 g/mol. The Bertz CT molecular complexity index is 1450. The van der Waals surface area contributed by atoms with E-state index in [1.807, 2.05) is 45.8 Å². The summed E-state index contributed by atoms with van der Waals surface area (Å²) in [5.41, 5.74) is 3.32. The highest BCUT2D eigenvalue weighted by Gasteiger charge is 2.28. The summed E-state index contributed by atoms with van der Waals surface area (Å²) in [5.74, 6) is 1.62. The minimum atomic E-state index is -0.216. The maximum Gasteiger partial charge on any atom is 0.236 e. The molecule has 1 N–H and O–H groups in total. The summed E-state index contributed by atoms with van der Waals surface area (Å²) in [6.07, 6.45) is 3.78. The summed E-state index contributed by atoms with van der Waals surface area (Å²) >= 11 is 0. The van der Waals surface area contributed by atoms with E-state index in [9.17, 15) is 9.18 Å². The van der Waals surface area contributed by atoms with E-state index >= 15 is 0 Å². The first-order valence-electron chi connectivity index (χ1n) is 13.1. The Balaban J connectivity index is 1.26. The van der Waals surface area contributed by atoms with Gasteiger partial charge in [0.05, 0.1) is 24.5 Å². The van der Waals surface area contributed by atoms with E-state index in [0.717, 1.165) is 66.7 Å². The number of amides is 1. The lowest BCUT2D eigenvalue weighted by atomic mass is 10.0. The van der Waals surface area contributed by atoms with Gasteiger partial charge in [-0.1, -0.05) is 18.2 Å². The fourth-order valence-electron chi connectivity index (χ4n) is 5.48. The van der Waals surface area contributed by atoms with E-state index in [-0.39, 0.29) is 17.8 Å². The summed E-state index contributed by atoms with van der Waals surface area (Å²) in [6, 6.07) is 16.9. The number of rotatable bonds is 6. The highest BCUT2D eigenvalue weighted by Crippen LogP contribution is 2.35. The number of halogens is 1. The number of hydrogen-bond donors (Lipinski definition) is 1. The lowest BCUT2D eigenvalue weighted by molar-refractivity contribution is -0.130. The average molecular weight is 515 g/mol. The van der Waals surface area contributed by atoms with Gasteiger partial charge in [0.25, 0.3) is 0 Å². The maximum absolute atomic E-state index is 13.9. The number of likely N-dealkylation sites (N-methyl/N-ethyl adjacent to an activating group) is 1. The molecule has 2 saturated heterocycles. The van der Waals surface area contributed by atoms with Crippen LogP contribution in [0, 0.1) is 5.82 Å². The lowest BCUT2D eigenvalue weighted by Gasteiger charge is -2.35. The molecule has 3 aromatic heterocycles. The van der Waals surface area contributed by atoms with Crippen LogP contribution in [0.4, 0.5) is 16.0 Å². The summed E-state index contributed by atoms with van der Waals surface area (Å²) in [5, 5.41) is 7.89. The van der Waals surface area contributed by atoms with E-state index in [4.69, 9.17) is 10.1 Å². The molecule has 1 amide bonds. The largest absolute Gasteiger partial charge is 0.353 e. The lowest BCUT2D eigenvalue weighted by Crippen LogP contribution is -2.50. The maximum atomic E-state index is 13.9. The zero-order valence-electron chi connectivity index (χ0n) is 21.4. The van der Waals surface area contributed by atoms with E-state index in [0.29, 0.717) is 19.6 Å². The van der Waals surface area contributed by atoms with Gasteiger partial charge in [0.1, 0.15) is 23.1 Å². The van der Waals surface area contributed by atoms with Crippen molar-refractivity contribution < 1.29 is 9.18 Å². The molecule has 4 aromatic rings. The molecule has 0 radical (unpaired) electrons. The van der Waals surface area contributed by atoms with Crippen molar-refractivity contribution in [1.29, 1.82) is 0 Å². The second kappa shape index (κ2) is 10.4. The van der Waals surface area contributed by atoms with E-state index < -0.39 is 0 Å². The van der Waals surface area contributed by atoms with Crippen molar-refractivity contribution in [1.82, 2.24) is 29.8 Å². The van der Waals surface area contributed by atoms with Gasteiger partial charge >= 0.3 is 0 Å². The number of imidazole rings is 1. The molecule has 2 aliphatic heterocycles. The first-order chi connectivity index (χ1) is 18.6. The Hall–Kier alpha value is -4.05. The van der Waals surface area contributed by atoms with Gasteiger partial charge < -0.3 is 20.0 Å². The zero-order chi connectivity index (χ0) is 26.1. The van der Waals surface area contributed by atoms with E-state index in [1.54, 1.807) is 25.4 Å². The van der Waals surface area contributed by atoms with Crippen molar-refractivity contribution in [2.24, 2.45) is 0 Å². The summed E-state index contributed by atoms with van der Waals surface area (Å²) in [6.45, 7) is 4.04. The minimum absolute atomic E-state index is 0.0859. The predicted molar refractivity (Wildman–Crippen MR) is 145 cm³/mol. The Kier molecular flexibility index (Phi) is 6.63. The van der Waals surface area contributed by atoms with E-state index in [1.165, 1.54) is 6.07 Å². The number of fused-ring (bicyclic) bond motifs is 1. The molecule has 2 aliphatic rings. The molecule has 38 heavy (non-hydrogen) atoms. The summed E-state index contributed by atoms with van der Waals surface area (Å²) < 4.78 is 15.8. The van der Waals surface area contributed by atoms with Gasteiger partial charge in [-0.2, -0.15) is 0 Å². The average Bonchev–Trinajstić information content (AvgIpc) is 3.61. The van der Waals surface area contributed by atoms with Crippen molar-refractivity contribution in [2.75, 3.05) is 56.1 Å². The molecule has 0 bridgehead atoms. The molecule has 1 atom stereocenters. The molecular formula is C28H31FN8O. The van der Waals surface area contributed by atoms with Crippen molar-refractivity contribution in [2.45, 2.75) is 18.9 Å². The van der Waals surface area contributed by atoms with Gasteiger partial charge in [-0.05, 0) is 61.9 Å². The highest BCUT2D eigenvalue weighted by atomic mass is 19.1. The number of carbonyl (C=O) groups excluding carboxylic acids is 1. The third-order valence-electron chi connectivity index (χ3n) is 7.41. The van der Waals surface area contributed by atoms with Gasteiger partial charge in [-0.25, -0.2) is 18.9 Å². The molecule has 196 valence electrons.